The lowest BCUT2D eigenvalue weighted by Crippen LogP contribution is -2.25. The van der Waals surface area contributed by atoms with Crippen molar-refractivity contribution in [1.29, 1.82) is 0 Å². The molecular formula is C30H41F. The van der Waals surface area contributed by atoms with Crippen molar-refractivity contribution in [2.24, 2.45) is 17.8 Å². The zero-order valence-electron chi connectivity index (χ0n) is 19.7. The van der Waals surface area contributed by atoms with Gasteiger partial charge < -0.3 is 0 Å². The molecular weight excluding hydrogens is 379 g/mol. The van der Waals surface area contributed by atoms with Crippen LogP contribution in [0, 0.1) is 23.6 Å². The number of hydrogen-bond acceptors (Lipinski definition) is 0. The van der Waals surface area contributed by atoms with Crippen LogP contribution in [0.25, 0.3) is 10.8 Å². The average molecular weight is 421 g/mol. The van der Waals surface area contributed by atoms with Gasteiger partial charge in [0.15, 0.2) is 0 Å². The van der Waals surface area contributed by atoms with Crippen molar-refractivity contribution in [2.75, 3.05) is 0 Å². The molecule has 2 fully saturated rings. The molecule has 0 nitrogen and oxygen atoms in total. The molecule has 0 bridgehead atoms. The van der Waals surface area contributed by atoms with E-state index in [2.05, 4.69) is 50.3 Å². The van der Waals surface area contributed by atoms with Crippen molar-refractivity contribution >= 4 is 10.8 Å². The second-order valence-corrected chi connectivity index (χ2v) is 10.3. The molecule has 2 aromatic rings. The zero-order chi connectivity index (χ0) is 21.6. The predicted octanol–water partition coefficient (Wildman–Crippen LogP) is 9.37. The van der Waals surface area contributed by atoms with E-state index in [4.69, 9.17) is 0 Å². The molecule has 0 saturated heterocycles. The van der Waals surface area contributed by atoms with E-state index in [0.29, 0.717) is 5.92 Å². The first kappa shape index (κ1) is 22.6. The fraction of sp³-hybridized carbons (Fsp3) is 0.600. The predicted molar refractivity (Wildman–Crippen MR) is 132 cm³/mol. The Balaban J connectivity index is 1.34. The number of halogens is 1. The van der Waals surface area contributed by atoms with E-state index in [1.54, 1.807) is 0 Å². The topological polar surface area (TPSA) is 0 Å². The van der Waals surface area contributed by atoms with Crippen LogP contribution in [0.5, 0.6) is 0 Å². The zero-order valence-corrected chi connectivity index (χ0v) is 19.7. The molecule has 4 rings (SSSR count). The number of allylic oxidation sites excluding steroid dienone is 2. The van der Waals surface area contributed by atoms with Crippen LogP contribution in [0.1, 0.15) is 102 Å². The van der Waals surface area contributed by atoms with Crippen LogP contribution in [0.15, 0.2) is 42.5 Å². The van der Waals surface area contributed by atoms with Crippen LogP contribution in [0.3, 0.4) is 0 Å². The van der Waals surface area contributed by atoms with Gasteiger partial charge in [0, 0.05) is 5.39 Å². The van der Waals surface area contributed by atoms with Gasteiger partial charge in [0.2, 0.25) is 0 Å². The van der Waals surface area contributed by atoms with Gasteiger partial charge in [-0.1, -0.05) is 69.2 Å². The maximum absolute atomic E-state index is 15.4. The van der Waals surface area contributed by atoms with Crippen molar-refractivity contribution in [3.05, 3.63) is 59.4 Å². The summed E-state index contributed by atoms with van der Waals surface area (Å²) < 4.78 is 15.4. The van der Waals surface area contributed by atoms with Crippen LogP contribution < -0.4 is 0 Å². The van der Waals surface area contributed by atoms with E-state index < -0.39 is 0 Å². The van der Waals surface area contributed by atoms with Crippen molar-refractivity contribution < 1.29 is 4.39 Å². The molecule has 31 heavy (non-hydrogen) atoms. The molecule has 0 aromatic heterocycles. The third-order valence-corrected chi connectivity index (χ3v) is 8.15. The molecule has 2 aliphatic carbocycles. The van der Waals surface area contributed by atoms with E-state index in [1.807, 2.05) is 6.07 Å². The summed E-state index contributed by atoms with van der Waals surface area (Å²) in [6.45, 7) is 4.45. The largest absolute Gasteiger partial charge is 0.206 e. The summed E-state index contributed by atoms with van der Waals surface area (Å²) in [5, 5.41) is 1.87. The van der Waals surface area contributed by atoms with Gasteiger partial charge in [-0.05, 0) is 104 Å². The maximum atomic E-state index is 15.4. The quantitative estimate of drug-likeness (QED) is 0.391. The second kappa shape index (κ2) is 10.8. The molecule has 0 amide bonds. The highest BCUT2D eigenvalue weighted by atomic mass is 19.1. The van der Waals surface area contributed by atoms with Crippen LogP contribution in [0.2, 0.25) is 0 Å². The molecule has 168 valence electrons. The van der Waals surface area contributed by atoms with Gasteiger partial charge in [0.1, 0.15) is 5.82 Å². The minimum absolute atomic E-state index is 0.0448. The van der Waals surface area contributed by atoms with E-state index in [0.717, 1.165) is 59.8 Å². The number of fused-ring (bicyclic) bond motifs is 1. The summed E-state index contributed by atoms with van der Waals surface area (Å²) in [5.41, 5.74) is 2.29. The Hall–Kier alpha value is -1.63. The number of benzene rings is 2. The first-order valence-electron chi connectivity index (χ1n) is 13.1. The monoisotopic (exact) mass is 420 g/mol. The Morgan fingerprint density at radius 2 is 1.55 bits per heavy atom. The molecule has 0 unspecified atom stereocenters. The van der Waals surface area contributed by atoms with Gasteiger partial charge in [-0.2, -0.15) is 0 Å². The number of unbranched alkanes of at least 4 members (excludes halogenated alkanes) is 1. The smallest absolute Gasteiger partial charge is 0.134 e. The van der Waals surface area contributed by atoms with Crippen molar-refractivity contribution in [3.8, 4) is 0 Å². The number of aryl methyl sites for hydroxylation is 1. The minimum atomic E-state index is 0.0448. The SMILES string of the molecule is CCC/C=C/C1CCC(C2CCC(c3ccc4cc(CCC)ccc4c3F)CC2)CC1. The van der Waals surface area contributed by atoms with Crippen LogP contribution in [0.4, 0.5) is 4.39 Å². The van der Waals surface area contributed by atoms with Crippen molar-refractivity contribution in [2.45, 2.75) is 96.8 Å². The lowest BCUT2D eigenvalue weighted by atomic mass is 9.68. The highest BCUT2D eigenvalue weighted by molar-refractivity contribution is 5.84. The van der Waals surface area contributed by atoms with Gasteiger partial charge in [-0.3, -0.25) is 0 Å². The van der Waals surface area contributed by atoms with E-state index in [-0.39, 0.29) is 5.82 Å². The maximum Gasteiger partial charge on any atom is 0.134 e. The van der Waals surface area contributed by atoms with Crippen LogP contribution in [-0.4, -0.2) is 0 Å². The Morgan fingerprint density at radius 3 is 2.23 bits per heavy atom. The van der Waals surface area contributed by atoms with E-state index in [9.17, 15) is 0 Å². The summed E-state index contributed by atoms with van der Waals surface area (Å²) in [6, 6.07) is 10.6. The highest BCUT2D eigenvalue weighted by Gasteiger charge is 2.31. The molecule has 1 heteroatoms. The van der Waals surface area contributed by atoms with Crippen molar-refractivity contribution in [3.63, 3.8) is 0 Å². The fourth-order valence-electron chi connectivity index (χ4n) is 6.28. The lowest BCUT2D eigenvalue weighted by molar-refractivity contribution is 0.171. The summed E-state index contributed by atoms with van der Waals surface area (Å²) in [4.78, 5) is 0. The Labute approximate surface area is 189 Å². The number of hydrogen-bond donors (Lipinski definition) is 0. The van der Waals surface area contributed by atoms with Gasteiger partial charge in [0.25, 0.3) is 0 Å². The Bertz CT molecular complexity index is 863. The van der Waals surface area contributed by atoms with E-state index in [1.165, 1.54) is 56.9 Å². The normalized spacial score (nSPS) is 27.2. The molecule has 0 heterocycles. The standard InChI is InChI=1S/C30H41F/c1-3-5-6-8-22-9-12-24(13-10-22)25-14-16-26(17-15-25)28-20-18-27-21-23(7-4-2)11-19-29(27)30(28)31/h6,8,11,18-22,24-26H,3-5,7,9-10,12-17H2,1-2H3/b8-6+. The van der Waals surface area contributed by atoms with Crippen molar-refractivity contribution in [1.82, 2.24) is 0 Å². The molecule has 2 saturated carbocycles. The molecule has 2 aliphatic rings. The summed E-state index contributed by atoms with van der Waals surface area (Å²) in [7, 11) is 0. The fourth-order valence-corrected chi connectivity index (χ4v) is 6.28. The van der Waals surface area contributed by atoms with Crippen LogP contribution >= 0.6 is 0 Å². The second-order valence-electron chi connectivity index (χ2n) is 10.3. The van der Waals surface area contributed by atoms with Crippen LogP contribution in [-0.2, 0) is 6.42 Å². The van der Waals surface area contributed by atoms with Gasteiger partial charge in [0.05, 0.1) is 0 Å². The van der Waals surface area contributed by atoms with Gasteiger partial charge >= 0.3 is 0 Å². The molecule has 0 N–H and O–H groups in total. The third kappa shape index (κ3) is 5.41. The van der Waals surface area contributed by atoms with Gasteiger partial charge in [-0.25, -0.2) is 4.39 Å². The first-order chi connectivity index (χ1) is 15.2. The summed E-state index contributed by atoms with van der Waals surface area (Å²) in [6.07, 6.45) is 20.1. The molecule has 0 radical (unpaired) electrons. The van der Waals surface area contributed by atoms with E-state index >= 15 is 4.39 Å². The summed E-state index contributed by atoms with van der Waals surface area (Å²) in [5.74, 6) is 3.06. The Kier molecular flexibility index (Phi) is 7.86. The minimum Gasteiger partial charge on any atom is -0.206 e. The lowest BCUT2D eigenvalue weighted by Gasteiger charge is -2.37. The highest BCUT2D eigenvalue weighted by Crippen LogP contribution is 2.45. The first-order valence-corrected chi connectivity index (χ1v) is 13.1. The average Bonchev–Trinajstić information content (AvgIpc) is 2.80. The summed E-state index contributed by atoms with van der Waals surface area (Å²) >= 11 is 0. The third-order valence-electron chi connectivity index (χ3n) is 8.15. The molecule has 0 atom stereocenters. The molecule has 0 spiro atoms. The molecule has 0 aliphatic heterocycles. The van der Waals surface area contributed by atoms with Gasteiger partial charge in [-0.15, -0.1) is 0 Å². The molecule has 2 aromatic carbocycles. The number of rotatable bonds is 7. The Morgan fingerprint density at radius 1 is 0.839 bits per heavy atom.